The molecule has 134 valence electrons. The Hall–Kier alpha value is -2.86. The molecule has 1 N–H and O–H groups in total. The fraction of sp³-hybridized carbons (Fsp3) is 0.150. The summed E-state index contributed by atoms with van der Waals surface area (Å²) in [6.07, 6.45) is 0.711. The van der Waals surface area contributed by atoms with E-state index in [0.29, 0.717) is 13.0 Å². The maximum atomic E-state index is 12.3. The molecule has 1 amide bonds. The van der Waals surface area contributed by atoms with Crippen LogP contribution in [0.2, 0.25) is 0 Å². The average molecular weight is 369 g/mol. The molecule has 3 aromatic rings. The second-order valence-corrected chi connectivity index (χ2v) is 7.82. The van der Waals surface area contributed by atoms with Crippen LogP contribution in [-0.2, 0) is 22.0 Å². The third kappa shape index (κ3) is 4.61. The molecule has 0 fully saturated rings. The van der Waals surface area contributed by atoms with E-state index in [1.165, 1.54) is 24.3 Å². The summed E-state index contributed by atoms with van der Waals surface area (Å²) in [5.41, 5.74) is 1.13. The van der Waals surface area contributed by atoms with E-state index in [4.69, 9.17) is 4.42 Å². The van der Waals surface area contributed by atoms with Gasteiger partial charge in [0.15, 0.2) is 15.6 Å². The highest BCUT2D eigenvalue weighted by molar-refractivity contribution is 7.90. The monoisotopic (exact) mass is 369 g/mol. The highest BCUT2D eigenvalue weighted by atomic mass is 32.2. The number of furan rings is 1. The van der Waals surface area contributed by atoms with Crippen LogP contribution in [-0.4, -0.2) is 20.9 Å². The molecular formula is C20H19NO4S. The SMILES string of the molecule is O=C(NCCc1ccccc1)c1ccc(CS(=O)(=O)c2ccccc2)o1. The standard InChI is InChI=1S/C20H19NO4S/c22-20(21-14-13-16-7-3-1-4-8-16)19-12-11-17(25-19)15-26(23,24)18-9-5-2-6-10-18/h1-12H,13-15H2,(H,21,22). The maximum absolute atomic E-state index is 12.3. The van der Waals surface area contributed by atoms with Crippen molar-refractivity contribution < 1.29 is 17.6 Å². The summed E-state index contributed by atoms with van der Waals surface area (Å²) in [6, 6.07) is 21.0. The van der Waals surface area contributed by atoms with Crippen LogP contribution in [0.4, 0.5) is 0 Å². The zero-order valence-electron chi connectivity index (χ0n) is 14.1. The van der Waals surface area contributed by atoms with Crippen molar-refractivity contribution in [3.05, 3.63) is 89.9 Å². The summed E-state index contributed by atoms with van der Waals surface area (Å²) in [4.78, 5) is 12.4. The van der Waals surface area contributed by atoms with Gasteiger partial charge < -0.3 is 9.73 Å². The first kappa shape index (κ1) is 17.9. The molecule has 0 saturated carbocycles. The summed E-state index contributed by atoms with van der Waals surface area (Å²) in [6.45, 7) is 0.473. The molecule has 26 heavy (non-hydrogen) atoms. The summed E-state index contributed by atoms with van der Waals surface area (Å²) >= 11 is 0. The van der Waals surface area contributed by atoms with E-state index in [1.54, 1.807) is 18.2 Å². The van der Waals surface area contributed by atoms with Crippen molar-refractivity contribution >= 4 is 15.7 Å². The lowest BCUT2D eigenvalue weighted by atomic mass is 10.1. The number of hydrogen-bond donors (Lipinski definition) is 1. The van der Waals surface area contributed by atoms with Gasteiger partial charge >= 0.3 is 0 Å². The Morgan fingerprint density at radius 2 is 1.54 bits per heavy atom. The van der Waals surface area contributed by atoms with Gasteiger partial charge in [0.05, 0.1) is 4.90 Å². The molecule has 3 rings (SSSR count). The van der Waals surface area contributed by atoms with Crippen molar-refractivity contribution in [2.45, 2.75) is 17.1 Å². The normalized spacial score (nSPS) is 11.2. The van der Waals surface area contributed by atoms with Crippen LogP contribution in [0.3, 0.4) is 0 Å². The minimum Gasteiger partial charge on any atom is -0.455 e. The quantitative estimate of drug-likeness (QED) is 0.694. The largest absolute Gasteiger partial charge is 0.455 e. The highest BCUT2D eigenvalue weighted by Gasteiger charge is 2.19. The Morgan fingerprint density at radius 1 is 0.885 bits per heavy atom. The van der Waals surface area contributed by atoms with Crippen LogP contribution in [0.15, 0.2) is 82.1 Å². The fourth-order valence-electron chi connectivity index (χ4n) is 2.53. The van der Waals surface area contributed by atoms with E-state index >= 15 is 0 Å². The number of hydrogen-bond acceptors (Lipinski definition) is 4. The number of amides is 1. The van der Waals surface area contributed by atoms with Gasteiger partial charge in [0.25, 0.3) is 5.91 Å². The number of carbonyl (C=O) groups is 1. The average Bonchev–Trinajstić information content (AvgIpc) is 3.11. The number of carbonyl (C=O) groups excluding carboxylic acids is 1. The van der Waals surface area contributed by atoms with E-state index in [1.807, 2.05) is 30.3 Å². The molecule has 0 unspecified atom stereocenters. The molecule has 1 aromatic heterocycles. The van der Waals surface area contributed by atoms with Gasteiger partial charge in [-0.3, -0.25) is 4.79 Å². The van der Waals surface area contributed by atoms with Gasteiger partial charge in [-0.05, 0) is 36.2 Å². The molecule has 0 bridgehead atoms. The maximum Gasteiger partial charge on any atom is 0.287 e. The molecular weight excluding hydrogens is 350 g/mol. The lowest BCUT2D eigenvalue weighted by molar-refractivity contribution is 0.0925. The Morgan fingerprint density at radius 3 is 2.23 bits per heavy atom. The fourth-order valence-corrected chi connectivity index (χ4v) is 3.80. The molecule has 0 spiro atoms. The third-order valence-corrected chi connectivity index (χ3v) is 5.52. The lowest BCUT2D eigenvalue weighted by Crippen LogP contribution is -2.25. The van der Waals surface area contributed by atoms with Crippen LogP contribution in [0.5, 0.6) is 0 Å². The van der Waals surface area contributed by atoms with E-state index in [-0.39, 0.29) is 28.1 Å². The van der Waals surface area contributed by atoms with Crippen molar-refractivity contribution in [2.24, 2.45) is 0 Å². The molecule has 5 nitrogen and oxygen atoms in total. The molecule has 0 radical (unpaired) electrons. The van der Waals surface area contributed by atoms with E-state index in [2.05, 4.69) is 5.32 Å². The lowest BCUT2D eigenvalue weighted by Gasteiger charge is -2.04. The third-order valence-electron chi connectivity index (χ3n) is 3.86. The van der Waals surface area contributed by atoms with Crippen molar-refractivity contribution in [1.29, 1.82) is 0 Å². The molecule has 0 atom stereocenters. The number of benzene rings is 2. The molecule has 0 aliphatic carbocycles. The first-order chi connectivity index (χ1) is 12.5. The predicted octanol–water partition coefficient (Wildman–Crippen LogP) is 3.23. The molecule has 1 heterocycles. The van der Waals surface area contributed by atoms with Gasteiger partial charge in [-0.2, -0.15) is 0 Å². The van der Waals surface area contributed by atoms with E-state index in [0.717, 1.165) is 5.56 Å². The smallest absolute Gasteiger partial charge is 0.287 e. The van der Waals surface area contributed by atoms with Gasteiger partial charge in [0.1, 0.15) is 11.5 Å². The zero-order chi connectivity index (χ0) is 18.4. The van der Waals surface area contributed by atoms with Gasteiger partial charge in [-0.1, -0.05) is 48.5 Å². The Labute approximate surface area is 152 Å². The summed E-state index contributed by atoms with van der Waals surface area (Å²) in [7, 11) is -3.50. The van der Waals surface area contributed by atoms with Crippen molar-refractivity contribution in [3.63, 3.8) is 0 Å². The van der Waals surface area contributed by atoms with Crippen molar-refractivity contribution in [1.82, 2.24) is 5.32 Å². The summed E-state index contributed by atoms with van der Waals surface area (Å²) in [5, 5.41) is 2.77. The molecule has 6 heteroatoms. The first-order valence-corrected chi connectivity index (χ1v) is 9.88. The number of sulfone groups is 1. The second-order valence-electron chi connectivity index (χ2n) is 5.83. The van der Waals surface area contributed by atoms with E-state index in [9.17, 15) is 13.2 Å². The summed E-state index contributed by atoms with van der Waals surface area (Å²) < 4.78 is 30.1. The van der Waals surface area contributed by atoms with Crippen LogP contribution >= 0.6 is 0 Å². The molecule has 0 aliphatic rings. The van der Waals surface area contributed by atoms with Gasteiger partial charge in [-0.15, -0.1) is 0 Å². The van der Waals surface area contributed by atoms with Crippen molar-refractivity contribution in [3.8, 4) is 0 Å². The first-order valence-electron chi connectivity index (χ1n) is 8.23. The summed E-state index contributed by atoms with van der Waals surface area (Å²) in [5.74, 6) is -0.295. The van der Waals surface area contributed by atoms with Crippen molar-refractivity contribution in [2.75, 3.05) is 6.54 Å². The Balaban J connectivity index is 1.58. The van der Waals surface area contributed by atoms with Crippen LogP contribution < -0.4 is 5.32 Å². The predicted molar refractivity (Wildman–Crippen MR) is 98.5 cm³/mol. The van der Waals surface area contributed by atoms with Gasteiger partial charge in [0, 0.05) is 6.54 Å². The molecule has 0 aliphatic heterocycles. The number of rotatable bonds is 7. The minimum atomic E-state index is -3.50. The van der Waals surface area contributed by atoms with Crippen LogP contribution in [0, 0.1) is 0 Å². The Bertz CT molecular complexity index is 963. The topological polar surface area (TPSA) is 76.4 Å². The van der Waals surface area contributed by atoms with Crippen LogP contribution in [0.25, 0.3) is 0 Å². The van der Waals surface area contributed by atoms with Gasteiger partial charge in [0.2, 0.25) is 0 Å². The Kier molecular flexibility index (Phi) is 5.53. The second kappa shape index (κ2) is 8.01. The van der Waals surface area contributed by atoms with Crippen LogP contribution in [0.1, 0.15) is 21.9 Å². The molecule has 0 saturated heterocycles. The van der Waals surface area contributed by atoms with E-state index < -0.39 is 9.84 Å². The highest BCUT2D eigenvalue weighted by Crippen LogP contribution is 2.18. The number of nitrogens with one attached hydrogen (secondary N) is 1. The minimum absolute atomic E-state index is 0.108. The molecule has 2 aromatic carbocycles. The van der Waals surface area contributed by atoms with Gasteiger partial charge in [-0.25, -0.2) is 8.42 Å². The zero-order valence-corrected chi connectivity index (χ0v) is 14.9.